The highest BCUT2D eigenvalue weighted by atomic mass is 16.5. The van der Waals surface area contributed by atoms with Gasteiger partial charge in [0.2, 0.25) is 5.88 Å². The predicted molar refractivity (Wildman–Crippen MR) is 70.9 cm³/mol. The van der Waals surface area contributed by atoms with E-state index in [9.17, 15) is 4.79 Å². The second-order valence-corrected chi connectivity index (χ2v) is 4.01. The third kappa shape index (κ3) is 3.28. The van der Waals surface area contributed by atoms with Gasteiger partial charge in [-0.25, -0.2) is 4.98 Å². The monoisotopic (exact) mass is 257 g/mol. The molecule has 0 aliphatic heterocycles. The third-order valence-corrected chi connectivity index (χ3v) is 2.59. The summed E-state index contributed by atoms with van der Waals surface area (Å²) >= 11 is 0. The van der Waals surface area contributed by atoms with Crippen molar-refractivity contribution in [3.63, 3.8) is 0 Å². The van der Waals surface area contributed by atoms with E-state index in [1.165, 1.54) is 7.11 Å². The zero-order valence-corrected chi connectivity index (χ0v) is 10.9. The molecule has 5 nitrogen and oxygen atoms in total. The Morgan fingerprint density at radius 1 is 1.32 bits per heavy atom. The number of hydrogen-bond donors (Lipinski definition) is 1. The zero-order valence-electron chi connectivity index (χ0n) is 10.9. The summed E-state index contributed by atoms with van der Waals surface area (Å²) in [7, 11) is 1.49. The number of amides is 1. The lowest BCUT2D eigenvalue weighted by molar-refractivity contribution is 0.0946. The van der Waals surface area contributed by atoms with E-state index in [0.29, 0.717) is 18.0 Å². The van der Waals surface area contributed by atoms with E-state index in [1.807, 2.05) is 25.1 Å². The summed E-state index contributed by atoms with van der Waals surface area (Å²) in [5.41, 5.74) is 2.15. The fraction of sp³-hybridized carbons (Fsp3) is 0.214. The predicted octanol–water partition coefficient (Wildman–Crippen LogP) is 1.72. The van der Waals surface area contributed by atoms with Crippen molar-refractivity contribution in [3.8, 4) is 5.88 Å². The minimum Gasteiger partial charge on any atom is -0.480 e. The maximum absolute atomic E-state index is 12.0. The molecule has 2 heterocycles. The number of carbonyl (C=O) groups is 1. The van der Waals surface area contributed by atoms with E-state index in [4.69, 9.17) is 4.74 Å². The number of nitrogens with one attached hydrogen (secondary N) is 1. The molecule has 2 aromatic heterocycles. The van der Waals surface area contributed by atoms with Gasteiger partial charge in [0.1, 0.15) is 5.56 Å². The summed E-state index contributed by atoms with van der Waals surface area (Å²) in [4.78, 5) is 20.3. The summed E-state index contributed by atoms with van der Waals surface area (Å²) in [6.07, 6.45) is 1.58. The van der Waals surface area contributed by atoms with Crippen LogP contribution >= 0.6 is 0 Å². The molecule has 0 radical (unpaired) electrons. The number of ether oxygens (including phenoxy) is 1. The van der Waals surface area contributed by atoms with Gasteiger partial charge < -0.3 is 10.1 Å². The molecule has 19 heavy (non-hydrogen) atoms. The first kappa shape index (κ1) is 13.0. The Kier molecular flexibility index (Phi) is 4.07. The van der Waals surface area contributed by atoms with Gasteiger partial charge in [0.25, 0.3) is 5.91 Å². The maximum atomic E-state index is 12.0. The van der Waals surface area contributed by atoms with E-state index in [-0.39, 0.29) is 5.91 Å². The van der Waals surface area contributed by atoms with Crippen LogP contribution in [0.15, 0.2) is 36.5 Å². The Bertz CT molecular complexity index is 584. The zero-order chi connectivity index (χ0) is 13.7. The number of aryl methyl sites for hydroxylation is 1. The average molecular weight is 257 g/mol. The molecule has 0 saturated carbocycles. The van der Waals surface area contributed by atoms with Crippen LogP contribution in [0.4, 0.5) is 0 Å². The van der Waals surface area contributed by atoms with Crippen molar-refractivity contribution in [1.82, 2.24) is 15.3 Å². The van der Waals surface area contributed by atoms with Gasteiger partial charge in [0.15, 0.2) is 0 Å². The average Bonchev–Trinajstić information content (AvgIpc) is 2.45. The Morgan fingerprint density at radius 3 is 2.89 bits per heavy atom. The number of rotatable bonds is 4. The lowest BCUT2D eigenvalue weighted by atomic mass is 10.2. The lowest BCUT2D eigenvalue weighted by Crippen LogP contribution is -2.24. The van der Waals surface area contributed by atoms with E-state index in [1.54, 1.807) is 18.3 Å². The highest BCUT2D eigenvalue weighted by molar-refractivity contribution is 5.96. The van der Waals surface area contributed by atoms with Crippen LogP contribution in [0.3, 0.4) is 0 Å². The van der Waals surface area contributed by atoms with Crippen molar-refractivity contribution in [2.24, 2.45) is 0 Å². The van der Waals surface area contributed by atoms with Crippen molar-refractivity contribution in [2.45, 2.75) is 13.5 Å². The SMILES string of the molecule is COc1ncccc1C(=O)NCc1cccc(C)n1. The first-order chi connectivity index (χ1) is 9.20. The van der Waals surface area contributed by atoms with Crippen molar-refractivity contribution in [1.29, 1.82) is 0 Å². The molecule has 0 fully saturated rings. The van der Waals surface area contributed by atoms with Crippen LogP contribution in [0.5, 0.6) is 5.88 Å². The molecule has 0 spiro atoms. The maximum Gasteiger partial charge on any atom is 0.257 e. The number of pyridine rings is 2. The number of nitrogens with zero attached hydrogens (tertiary/aromatic N) is 2. The van der Waals surface area contributed by atoms with Gasteiger partial charge in [-0.3, -0.25) is 9.78 Å². The molecular formula is C14H15N3O2. The van der Waals surface area contributed by atoms with Crippen LogP contribution in [0.2, 0.25) is 0 Å². The molecule has 0 aromatic carbocycles. The van der Waals surface area contributed by atoms with E-state index in [0.717, 1.165) is 11.4 Å². The van der Waals surface area contributed by atoms with Crippen molar-refractivity contribution in [2.75, 3.05) is 7.11 Å². The molecule has 98 valence electrons. The molecule has 1 amide bonds. The number of aromatic nitrogens is 2. The van der Waals surface area contributed by atoms with Crippen molar-refractivity contribution < 1.29 is 9.53 Å². The fourth-order valence-electron chi connectivity index (χ4n) is 1.69. The molecule has 0 unspecified atom stereocenters. The van der Waals surface area contributed by atoms with Gasteiger partial charge in [-0.15, -0.1) is 0 Å². The molecule has 0 saturated heterocycles. The van der Waals surface area contributed by atoms with Crippen molar-refractivity contribution >= 4 is 5.91 Å². The third-order valence-electron chi connectivity index (χ3n) is 2.59. The molecular weight excluding hydrogens is 242 g/mol. The second kappa shape index (κ2) is 5.95. The lowest BCUT2D eigenvalue weighted by Gasteiger charge is -2.08. The number of carbonyl (C=O) groups excluding carboxylic acids is 1. The fourth-order valence-corrected chi connectivity index (χ4v) is 1.69. The number of methoxy groups -OCH3 is 1. The van der Waals surface area contributed by atoms with Crippen LogP contribution in [-0.4, -0.2) is 23.0 Å². The van der Waals surface area contributed by atoms with E-state index < -0.39 is 0 Å². The summed E-state index contributed by atoms with van der Waals surface area (Å²) in [6, 6.07) is 9.06. The molecule has 0 aliphatic rings. The van der Waals surface area contributed by atoms with E-state index >= 15 is 0 Å². The Hall–Kier alpha value is -2.43. The molecule has 2 aromatic rings. The highest BCUT2D eigenvalue weighted by Gasteiger charge is 2.12. The molecule has 5 heteroatoms. The molecule has 2 rings (SSSR count). The summed E-state index contributed by atoms with van der Waals surface area (Å²) < 4.78 is 5.05. The normalized spacial score (nSPS) is 10.0. The molecule has 0 aliphatic carbocycles. The highest BCUT2D eigenvalue weighted by Crippen LogP contribution is 2.13. The topological polar surface area (TPSA) is 64.1 Å². The smallest absolute Gasteiger partial charge is 0.257 e. The standard InChI is InChI=1S/C14H15N3O2/c1-10-5-3-6-11(17-10)9-16-13(18)12-7-4-8-15-14(12)19-2/h3-8H,9H2,1-2H3,(H,16,18). The molecule has 0 bridgehead atoms. The quantitative estimate of drug-likeness (QED) is 0.905. The summed E-state index contributed by atoms with van der Waals surface area (Å²) in [5.74, 6) is 0.0884. The van der Waals surface area contributed by atoms with Crippen LogP contribution in [0, 0.1) is 6.92 Å². The minimum atomic E-state index is -0.228. The van der Waals surface area contributed by atoms with Gasteiger partial charge in [0.05, 0.1) is 19.3 Å². The first-order valence-electron chi connectivity index (χ1n) is 5.90. The van der Waals surface area contributed by atoms with Gasteiger partial charge in [-0.1, -0.05) is 6.07 Å². The van der Waals surface area contributed by atoms with Crippen LogP contribution in [0.25, 0.3) is 0 Å². The largest absolute Gasteiger partial charge is 0.480 e. The van der Waals surface area contributed by atoms with Gasteiger partial charge in [-0.2, -0.15) is 0 Å². The first-order valence-corrected chi connectivity index (χ1v) is 5.90. The molecule has 0 atom stereocenters. The minimum absolute atomic E-state index is 0.228. The van der Waals surface area contributed by atoms with Gasteiger partial charge >= 0.3 is 0 Å². The summed E-state index contributed by atoms with van der Waals surface area (Å²) in [6.45, 7) is 2.29. The van der Waals surface area contributed by atoms with Crippen LogP contribution in [0.1, 0.15) is 21.7 Å². The van der Waals surface area contributed by atoms with E-state index in [2.05, 4.69) is 15.3 Å². The Morgan fingerprint density at radius 2 is 2.16 bits per heavy atom. The van der Waals surface area contributed by atoms with Crippen LogP contribution in [-0.2, 0) is 6.54 Å². The second-order valence-electron chi connectivity index (χ2n) is 4.01. The summed E-state index contributed by atoms with van der Waals surface area (Å²) in [5, 5.41) is 2.80. The van der Waals surface area contributed by atoms with Crippen LogP contribution < -0.4 is 10.1 Å². The van der Waals surface area contributed by atoms with Crippen molar-refractivity contribution in [3.05, 3.63) is 53.5 Å². The van der Waals surface area contributed by atoms with Gasteiger partial charge in [-0.05, 0) is 31.2 Å². The Labute approximate surface area is 111 Å². The Balaban J connectivity index is 2.05. The van der Waals surface area contributed by atoms with Gasteiger partial charge in [0, 0.05) is 11.9 Å². The molecule has 1 N–H and O–H groups in total. The number of hydrogen-bond acceptors (Lipinski definition) is 4.